The Kier molecular flexibility index (Phi) is 6.01. The molecule has 1 aliphatic heterocycles. The predicted molar refractivity (Wildman–Crippen MR) is 197 cm³/mol. The van der Waals surface area contributed by atoms with Gasteiger partial charge in [0.2, 0.25) is 0 Å². The second-order valence-corrected chi connectivity index (χ2v) is 13.1. The molecule has 7 aromatic carbocycles. The van der Waals surface area contributed by atoms with Gasteiger partial charge >= 0.3 is 0 Å². The van der Waals surface area contributed by atoms with Crippen LogP contribution in [0.5, 0.6) is 11.5 Å². The van der Waals surface area contributed by atoms with Crippen molar-refractivity contribution in [2.45, 2.75) is 0 Å². The van der Waals surface area contributed by atoms with Crippen LogP contribution in [0.4, 0.5) is 0 Å². The van der Waals surface area contributed by atoms with Crippen LogP contribution in [0.15, 0.2) is 152 Å². The standard InChI is InChI=1S/C43H25N3OS/c1-3-11-26(12-4-1)41-44-42(27-13-5-2-6-14-27)46-43(45-41)32-22-23-36-40-31(32)17-9-18-33(40)39-29(16-10-19-35(39)47-36)28-21-24-38-34(25-28)30-15-7-8-20-37(30)48-38/h1-25H. The molecule has 5 heteroatoms. The highest BCUT2D eigenvalue weighted by Gasteiger charge is 2.25. The number of thiophene rings is 1. The zero-order chi connectivity index (χ0) is 31.6. The lowest BCUT2D eigenvalue weighted by Gasteiger charge is -2.24. The summed E-state index contributed by atoms with van der Waals surface area (Å²) in [5.41, 5.74) is 7.36. The van der Waals surface area contributed by atoms with Gasteiger partial charge in [-0.3, -0.25) is 0 Å². The Morgan fingerprint density at radius 1 is 0.396 bits per heavy atom. The van der Waals surface area contributed by atoms with Gasteiger partial charge in [0.1, 0.15) is 11.5 Å². The van der Waals surface area contributed by atoms with Gasteiger partial charge in [0.05, 0.1) is 0 Å². The van der Waals surface area contributed by atoms with Crippen molar-refractivity contribution in [2.24, 2.45) is 0 Å². The van der Waals surface area contributed by atoms with Crippen LogP contribution in [0, 0.1) is 0 Å². The zero-order valence-electron chi connectivity index (χ0n) is 25.6. The van der Waals surface area contributed by atoms with Crippen LogP contribution in [-0.2, 0) is 0 Å². The molecule has 0 radical (unpaired) electrons. The number of benzene rings is 7. The maximum absolute atomic E-state index is 6.68. The minimum atomic E-state index is 0.625. The smallest absolute Gasteiger partial charge is 0.164 e. The molecule has 2 aromatic heterocycles. The minimum Gasteiger partial charge on any atom is -0.456 e. The number of rotatable bonds is 4. The van der Waals surface area contributed by atoms with Crippen molar-refractivity contribution in [3.8, 4) is 67.9 Å². The summed E-state index contributed by atoms with van der Waals surface area (Å²) in [6.45, 7) is 0. The molecule has 4 nitrogen and oxygen atoms in total. The van der Waals surface area contributed by atoms with Crippen molar-refractivity contribution in [2.75, 3.05) is 0 Å². The number of nitrogens with zero attached hydrogens (tertiary/aromatic N) is 3. The number of fused-ring (bicyclic) bond motifs is 5. The fourth-order valence-electron chi connectivity index (χ4n) is 6.94. The van der Waals surface area contributed by atoms with Gasteiger partial charge in [-0.05, 0) is 58.5 Å². The molecule has 0 amide bonds. The van der Waals surface area contributed by atoms with E-state index in [0.717, 1.165) is 55.7 Å². The normalized spacial score (nSPS) is 11.9. The van der Waals surface area contributed by atoms with Crippen LogP contribution in [0.25, 0.3) is 87.4 Å². The molecule has 0 aliphatic carbocycles. The SMILES string of the molecule is c1ccc(-c2nc(-c3ccccc3)nc(-c3ccc4c5c(cccc35)-c3c(cccc3-c3ccc5sc6ccccc6c5c3)O4)n2)cc1. The molecule has 0 unspecified atom stereocenters. The molecule has 224 valence electrons. The fraction of sp³-hybridized carbons (Fsp3) is 0. The van der Waals surface area contributed by atoms with E-state index in [0.29, 0.717) is 17.5 Å². The van der Waals surface area contributed by atoms with E-state index >= 15 is 0 Å². The summed E-state index contributed by atoms with van der Waals surface area (Å²) in [6.07, 6.45) is 0. The highest BCUT2D eigenvalue weighted by Crippen LogP contribution is 2.52. The van der Waals surface area contributed by atoms with E-state index < -0.39 is 0 Å². The van der Waals surface area contributed by atoms with Crippen molar-refractivity contribution >= 4 is 42.3 Å². The summed E-state index contributed by atoms with van der Waals surface area (Å²) in [6, 6.07) is 52.6. The first-order chi connectivity index (χ1) is 23.8. The lowest BCUT2D eigenvalue weighted by Crippen LogP contribution is -2.02. The van der Waals surface area contributed by atoms with Crippen LogP contribution in [0.1, 0.15) is 0 Å². The van der Waals surface area contributed by atoms with Crippen molar-refractivity contribution < 1.29 is 4.74 Å². The van der Waals surface area contributed by atoms with Gasteiger partial charge in [-0.2, -0.15) is 0 Å². The lowest BCUT2D eigenvalue weighted by molar-refractivity contribution is 0.487. The van der Waals surface area contributed by atoms with Gasteiger partial charge < -0.3 is 4.74 Å². The second kappa shape index (κ2) is 10.7. The van der Waals surface area contributed by atoms with Crippen LogP contribution >= 0.6 is 11.3 Å². The zero-order valence-corrected chi connectivity index (χ0v) is 26.4. The van der Waals surface area contributed by atoms with Gasteiger partial charge in [0, 0.05) is 47.8 Å². The van der Waals surface area contributed by atoms with Gasteiger partial charge in [0.25, 0.3) is 0 Å². The molecule has 0 saturated carbocycles. The van der Waals surface area contributed by atoms with E-state index in [1.165, 1.54) is 25.7 Å². The average Bonchev–Trinajstić information content (AvgIpc) is 3.53. The van der Waals surface area contributed by atoms with E-state index in [4.69, 9.17) is 19.7 Å². The Bertz CT molecular complexity index is 2640. The maximum Gasteiger partial charge on any atom is 0.164 e. The first-order valence-corrected chi connectivity index (χ1v) is 16.8. The molecule has 0 atom stereocenters. The summed E-state index contributed by atoms with van der Waals surface area (Å²) in [5.74, 6) is 3.59. The molecule has 0 spiro atoms. The van der Waals surface area contributed by atoms with E-state index in [1.807, 2.05) is 72.0 Å². The van der Waals surface area contributed by atoms with Crippen molar-refractivity contribution in [3.63, 3.8) is 0 Å². The molecule has 0 N–H and O–H groups in total. The maximum atomic E-state index is 6.68. The molecule has 0 bridgehead atoms. The molecular weight excluding hydrogens is 607 g/mol. The first kappa shape index (κ1) is 27.0. The highest BCUT2D eigenvalue weighted by molar-refractivity contribution is 7.25. The van der Waals surface area contributed by atoms with Crippen LogP contribution < -0.4 is 4.74 Å². The Balaban J connectivity index is 1.18. The topological polar surface area (TPSA) is 47.9 Å². The second-order valence-electron chi connectivity index (χ2n) is 12.0. The predicted octanol–water partition coefficient (Wildman–Crippen LogP) is 11.8. The molecule has 3 heterocycles. The lowest BCUT2D eigenvalue weighted by atomic mass is 9.87. The fourth-order valence-corrected chi connectivity index (χ4v) is 8.02. The third-order valence-electron chi connectivity index (χ3n) is 9.15. The van der Waals surface area contributed by atoms with Crippen LogP contribution in [-0.4, -0.2) is 15.0 Å². The molecule has 10 rings (SSSR count). The van der Waals surface area contributed by atoms with E-state index in [1.54, 1.807) is 0 Å². The van der Waals surface area contributed by atoms with Gasteiger partial charge in [-0.1, -0.05) is 115 Å². The number of ether oxygens (including phenoxy) is 1. The first-order valence-electron chi connectivity index (χ1n) is 15.9. The Labute approximate surface area is 280 Å². The van der Waals surface area contributed by atoms with Gasteiger partial charge in [-0.15, -0.1) is 11.3 Å². The molecule has 48 heavy (non-hydrogen) atoms. The summed E-state index contributed by atoms with van der Waals surface area (Å²) in [5, 5.41) is 4.66. The molecule has 9 aromatic rings. The average molecular weight is 632 g/mol. The van der Waals surface area contributed by atoms with E-state index in [-0.39, 0.29) is 0 Å². The van der Waals surface area contributed by atoms with Gasteiger partial charge in [0.15, 0.2) is 17.5 Å². The quantitative estimate of drug-likeness (QED) is 0.194. The number of hydrogen-bond acceptors (Lipinski definition) is 5. The molecule has 0 saturated heterocycles. The number of hydrogen-bond donors (Lipinski definition) is 0. The Hall–Kier alpha value is -6.17. The molecular formula is C43H25N3OS. The van der Waals surface area contributed by atoms with Gasteiger partial charge in [-0.25, -0.2) is 15.0 Å². The third kappa shape index (κ3) is 4.25. The number of aromatic nitrogens is 3. The van der Waals surface area contributed by atoms with E-state index in [9.17, 15) is 0 Å². The Morgan fingerprint density at radius 2 is 1.04 bits per heavy atom. The third-order valence-corrected chi connectivity index (χ3v) is 10.3. The minimum absolute atomic E-state index is 0.625. The Morgan fingerprint density at radius 3 is 1.83 bits per heavy atom. The summed E-state index contributed by atoms with van der Waals surface area (Å²) >= 11 is 1.84. The molecule has 1 aliphatic rings. The monoisotopic (exact) mass is 631 g/mol. The largest absolute Gasteiger partial charge is 0.456 e. The van der Waals surface area contributed by atoms with Crippen molar-refractivity contribution in [1.82, 2.24) is 15.0 Å². The summed E-state index contributed by atoms with van der Waals surface area (Å²) in [7, 11) is 0. The summed E-state index contributed by atoms with van der Waals surface area (Å²) in [4.78, 5) is 15.0. The molecule has 0 fully saturated rings. The van der Waals surface area contributed by atoms with Crippen LogP contribution in [0.3, 0.4) is 0 Å². The van der Waals surface area contributed by atoms with Crippen molar-refractivity contribution in [3.05, 3.63) is 152 Å². The van der Waals surface area contributed by atoms with Crippen molar-refractivity contribution in [1.29, 1.82) is 0 Å². The summed E-state index contributed by atoms with van der Waals surface area (Å²) < 4.78 is 9.28. The highest BCUT2D eigenvalue weighted by atomic mass is 32.1. The van der Waals surface area contributed by atoms with Crippen LogP contribution in [0.2, 0.25) is 0 Å². The van der Waals surface area contributed by atoms with E-state index in [2.05, 4.69) is 91.0 Å².